The quantitative estimate of drug-likeness (QED) is 0.465. The number of hydrogen-bond donors (Lipinski definition) is 3. The number of benzene rings is 1. The van der Waals surface area contributed by atoms with Crippen molar-refractivity contribution in [1.29, 1.82) is 0 Å². The van der Waals surface area contributed by atoms with Gasteiger partial charge in [0.1, 0.15) is 12.2 Å². The SMILES string of the molecule is CNC(=O)CNC(=O)CC(=O)N(CCN1CCC(C)(c2cccc(O)c2)C(C)C1)C1CCCCC1. The van der Waals surface area contributed by atoms with E-state index < -0.39 is 5.91 Å². The van der Waals surface area contributed by atoms with Gasteiger partial charge >= 0.3 is 0 Å². The Balaban J connectivity index is 1.58. The Labute approximate surface area is 209 Å². The van der Waals surface area contributed by atoms with Crippen molar-refractivity contribution in [2.45, 2.75) is 70.3 Å². The molecule has 3 amide bonds. The minimum Gasteiger partial charge on any atom is -0.508 e. The molecule has 194 valence electrons. The van der Waals surface area contributed by atoms with Gasteiger partial charge in [0, 0.05) is 32.7 Å². The number of carbonyl (C=O) groups excluding carboxylic acids is 3. The first-order valence-electron chi connectivity index (χ1n) is 13.0. The van der Waals surface area contributed by atoms with Crippen molar-refractivity contribution < 1.29 is 19.5 Å². The molecule has 1 aliphatic carbocycles. The molecule has 1 aliphatic heterocycles. The van der Waals surface area contributed by atoms with Gasteiger partial charge in [-0.15, -0.1) is 0 Å². The summed E-state index contributed by atoms with van der Waals surface area (Å²) < 4.78 is 0. The maximum absolute atomic E-state index is 13.1. The van der Waals surface area contributed by atoms with Crippen molar-refractivity contribution in [3.63, 3.8) is 0 Å². The fraction of sp³-hybridized carbons (Fsp3) is 0.667. The maximum atomic E-state index is 13.1. The Bertz CT molecular complexity index is 886. The van der Waals surface area contributed by atoms with Gasteiger partial charge in [-0.3, -0.25) is 14.4 Å². The Morgan fingerprint density at radius 2 is 1.91 bits per heavy atom. The van der Waals surface area contributed by atoms with Gasteiger partial charge in [0.25, 0.3) is 0 Å². The lowest BCUT2D eigenvalue weighted by atomic mass is 9.68. The molecule has 35 heavy (non-hydrogen) atoms. The topological polar surface area (TPSA) is 102 Å². The third kappa shape index (κ3) is 7.19. The Kier molecular flexibility index (Phi) is 9.55. The van der Waals surface area contributed by atoms with Crippen molar-refractivity contribution in [1.82, 2.24) is 20.4 Å². The number of carbonyl (C=O) groups is 3. The smallest absolute Gasteiger partial charge is 0.239 e. The molecule has 3 N–H and O–H groups in total. The van der Waals surface area contributed by atoms with E-state index in [2.05, 4.69) is 35.4 Å². The number of phenols is 1. The minimum absolute atomic E-state index is 0.00299. The molecule has 1 aromatic rings. The highest BCUT2D eigenvalue weighted by atomic mass is 16.3. The molecule has 2 unspecified atom stereocenters. The molecule has 3 rings (SSSR count). The molecule has 8 nitrogen and oxygen atoms in total. The van der Waals surface area contributed by atoms with E-state index in [-0.39, 0.29) is 36.2 Å². The van der Waals surface area contributed by atoms with Crippen LogP contribution in [0, 0.1) is 5.92 Å². The third-order valence-corrected chi connectivity index (χ3v) is 8.10. The highest BCUT2D eigenvalue weighted by Crippen LogP contribution is 2.40. The first kappa shape index (κ1) is 27.0. The van der Waals surface area contributed by atoms with Crippen LogP contribution in [0.15, 0.2) is 24.3 Å². The minimum atomic E-state index is -0.409. The normalized spacial score (nSPS) is 23.5. The molecule has 2 atom stereocenters. The average Bonchev–Trinajstić information content (AvgIpc) is 2.85. The van der Waals surface area contributed by atoms with E-state index in [0.717, 1.165) is 51.7 Å². The number of aromatic hydroxyl groups is 1. The van der Waals surface area contributed by atoms with E-state index in [0.29, 0.717) is 18.2 Å². The summed E-state index contributed by atoms with van der Waals surface area (Å²) in [5.74, 6) is -0.146. The van der Waals surface area contributed by atoms with Crippen molar-refractivity contribution in [3.05, 3.63) is 29.8 Å². The number of nitrogens with zero attached hydrogens (tertiary/aromatic N) is 2. The van der Waals surface area contributed by atoms with Crippen LogP contribution in [0.1, 0.15) is 64.4 Å². The summed E-state index contributed by atoms with van der Waals surface area (Å²) in [7, 11) is 1.51. The third-order valence-electron chi connectivity index (χ3n) is 8.10. The van der Waals surface area contributed by atoms with E-state index in [4.69, 9.17) is 0 Å². The molecule has 2 fully saturated rings. The van der Waals surface area contributed by atoms with Gasteiger partial charge in [-0.1, -0.05) is 45.2 Å². The molecule has 0 bridgehead atoms. The Morgan fingerprint density at radius 3 is 2.57 bits per heavy atom. The molecule has 0 spiro atoms. The number of amides is 3. The largest absolute Gasteiger partial charge is 0.508 e. The van der Waals surface area contributed by atoms with Crippen molar-refractivity contribution >= 4 is 17.7 Å². The molecule has 1 heterocycles. The van der Waals surface area contributed by atoms with E-state index in [1.54, 1.807) is 6.07 Å². The molecule has 0 aromatic heterocycles. The van der Waals surface area contributed by atoms with Gasteiger partial charge in [0.2, 0.25) is 17.7 Å². The predicted octanol–water partition coefficient (Wildman–Crippen LogP) is 2.41. The van der Waals surface area contributed by atoms with Gasteiger partial charge in [-0.25, -0.2) is 0 Å². The molecule has 1 saturated carbocycles. The first-order valence-corrected chi connectivity index (χ1v) is 13.0. The molecular weight excluding hydrogens is 444 g/mol. The summed E-state index contributed by atoms with van der Waals surface area (Å²) in [5, 5.41) is 15.0. The molecule has 2 aliphatic rings. The second-order valence-electron chi connectivity index (χ2n) is 10.4. The van der Waals surface area contributed by atoms with Crippen LogP contribution in [-0.4, -0.2) is 78.4 Å². The lowest BCUT2D eigenvalue weighted by Gasteiger charge is -2.46. The summed E-state index contributed by atoms with van der Waals surface area (Å²) >= 11 is 0. The predicted molar refractivity (Wildman–Crippen MR) is 136 cm³/mol. The highest BCUT2D eigenvalue weighted by molar-refractivity contribution is 5.98. The van der Waals surface area contributed by atoms with Crippen LogP contribution in [0.5, 0.6) is 5.75 Å². The number of nitrogens with one attached hydrogen (secondary N) is 2. The lowest BCUT2D eigenvalue weighted by Crippen LogP contribution is -2.51. The van der Waals surface area contributed by atoms with Gasteiger partial charge in [-0.05, 0) is 54.8 Å². The number of hydrogen-bond acceptors (Lipinski definition) is 5. The van der Waals surface area contributed by atoms with Crippen molar-refractivity contribution in [2.24, 2.45) is 5.92 Å². The summed E-state index contributed by atoms with van der Waals surface area (Å²) in [6, 6.07) is 7.79. The van der Waals surface area contributed by atoms with Crippen LogP contribution < -0.4 is 10.6 Å². The lowest BCUT2D eigenvalue weighted by molar-refractivity contribution is -0.139. The van der Waals surface area contributed by atoms with Crippen LogP contribution >= 0.6 is 0 Å². The second kappa shape index (κ2) is 12.4. The van der Waals surface area contributed by atoms with Gasteiger partial charge in [0.05, 0.1) is 6.54 Å². The van der Waals surface area contributed by atoms with Gasteiger partial charge < -0.3 is 25.5 Å². The van der Waals surface area contributed by atoms with Crippen LogP contribution in [0.25, 0.3) is 0 Å². The van der Waals surface area contributed by atoms with E-state index in [1.165, 1.54) is 19.0 Å². The number of likely N-dealkylation sites (N-methyl/N-ethyl adjacent to an activating group) is 1. The fourth-order valence-electron chi connectivity index (χ4n) is 5.53. The fourth-order valence-corrected chi connectivity index (χ4v) is 5.53. The van der Waals surface area contributed by atoms with Gasteiger partial charge in [0.15, 0.2) is 0 Å². The van der Waals surface area contributed by atoms with Crippen molar-refractivity contribution in [3.8, 4) is 5.75 Å². The standard InChI is InChI=1S/C27H42N4O4/c1-20-19-30(13-12-27(20,2)21-8-7-11-23(32)16-21)14-15-31(22-9-5-4-6-10-22)26(35)17-24(33)29-18-25(34)28-3/h7-8,11,16,20,22,32H,4-6,9-10,12-15,17-19H2,1-3H3,(H,28,34)(H,29,33). The van der Waals surface area contributed by atoms with Gasteiger partial charge in [-0.2, -0.15) is 0 Å². The zero-order valence-electron chi connectivity index (χ0n) is 21.5. The first-order chi connectivity index (χ1) is 16.7. The molecule has 0 radical (unpaired) electrons. The van der Waals surface area contributed by atoms with E-state index in [9.17, 15) is 19.5 Å². The van der Waals surface area contributed by atoms with Crippen LogP contribution in [0.3, 0.4) is 0 Å². The molecule has 8 heteroatoms. The average molecular weight is 487 g/mol. The zero-order chi connectivity index (χ0) is 25.4. The Morgan fingerprint density at radius 1 is 1.17 bits per heavy atom. The summed E-state index contributed by atoms with van der Waals surface area (Å²) in [5.41, 5.74) is 1.17. The van der Waals surface area contributed by atoms with Crippen molar-refractivity contribution in [2.75, 3.05) is 39.8 Å². The van der Waals surface area contributed by atoms with Crippen LogP contribution in [0.2, 0.25) is 0 Å². The van der Waals surface area contributed by atoms with E-state index in [1.807, 2.05) is 17.0 Å². The number of piperidine rings is 1. The van der Waals surface area contributed by atoms with Crippen LogP contribution in [-0.2, 0) is 19.8 Å². The number of rotatable bonds is 9. The monoisotopic (exact) mass is 486 g/mol. The number of likely N-dealkylation sites (tertiary alicyclic amines) is 1. The zero-order valence-corrected chi connectivity index (χ0v) is 21.5. The molecule has 1 aromatic carbocycles. The summed E-state index contributed by atoms with van der Waals surface area (Å²) in [6.07, 6.45) is 6.15. The van der Waals surface area contributed by atoms with Crippen LogP contribution in [0.4, 0.5) is 0 Å². The number of phenolic OH excluding ortho intramolecular Hbond substituents is 1. The summed E-state index contributed by atoms with van der Waals surface area (Å²) in [4.78, 5) is 41.2. The highest BCUT2D eigenvalue weighted by Gasteiger charge is 2.38. The Hall–Kier alpha value is -2.61. The summed E-state index contributed by atoms with van der Waals surface area (Å²) in [6.45, 7) is 7.66. The maximum Gasteiger partial charge on any atom is 0.239 e. The molecular formula is C27H42N4O4. The molecule has 1 saturated heterocycles. The second-order valence-corrected chi connectivity index (χ2v) is 10.4. The van der Waals surface area contributed by atoms with E-state index >= 15 is 0 Å².